The molecule has 3 heteroatoms. The quantitative estimate of drug-likeness (QED) is 0.553. The van der Waals surface area contributed by atoms with E-state index in [2.05, 4.69) is 55.8 Å². The summed E-state index contributed by atoms with van der Waals surface area (Å²) in [6, 6.07) is 4.32. The Bertz CT molecular complexity index is 352. The van der Waals surface area contributed by atoms with Gasteiger partial charge in [0, 0.05) is 11.9 Å². The topological polar surface area (TPSA) is 18.5 Å². The number of hydrogen-bond donors (Lipinski definition) is 0. The van der Waals surface area contributed by atoms with Gasteiger partial charge in [-0.05, 0) is 36.5 Å². The minimum absolute atomic E-state index is 0.576. The van der Waals surface area contributed by atoms with E-state index < -0.39 is 0 Å². The molecule has 18 heavy (non-hydrogen) atoms. The number of aryl methyl sites for hydroxylation is 2. The summed E-state index contributed by atoms with van der Waals surface area (Å²) in [4.78, 5) is 0. The third-order valence-electron chi connectivity index (χ3n) is 2.60. The zero-order valence-corrected chi connectivity index (χ0v) is 13.3. The predicted molar refractivity (Wildman–Crippen MR) is 79.7 cm³/mol. The Balaban J connectivity index is 2.47. The molecule has 0 spiro atoms. The maximum atomic E-state index is 5.81. The van der Waals surface area contributed by atoms with Crippen molar-refractivity contribution in [2.75, 3.05) is 19.8 Å². The van der Waals surface area contributed by atoms with E-state index in [1.54, 1.807) is 0 Å². The third kappa shape index (κ3) is 4.99. The standard InChI is InChI=1S/C15H23BrO2/c1-11(2)10-17-5-6-18-15-12(3)7-14(9-16)8-13(15)4/h7-8,11H,5-6,9-10H2,1-4H3. The Morgan fingerprint density at radius 1 is 1.11 bits per heavy atom. The molecule has 1 aromatic rings. The molecule has 0 heterocycles. The number of rotatable bonds is 7. The lowest BCUT2D eigenvalue weighted by Crippen LogP contribution is -2.11. The van der Waals surface area contributed by atoms with E-state index in [4.69, 9.17) is 9.47 Å². The molecule has 0 N–H and O–H groups in total. The first-order valence-electron chi connectivity index (χ1n) is 6.41. The number of alkyl halides is 1. The van der Waals surface area contributed by atoms with Crippen molar-refractivity contribution >= 4 is 15.9 Å². The fraction of sp³-hybridized carbons (Fsp3) is 0.600. The largest absolute Gasteiger partial charge is 0.491 e. The van der Waals surface area contributed by atoms with Crippen LogP contribution in [0, 0.1) is 19.8 Å². The molecule has 0 aromatic heterocycles. The Morgan fingerprint density at radius 2 is 1.72 bits per heavy atom. The molecule has 0 saturated carbocycles. The molecular formula is C15H23BrO2. The highest BCUT2D eigenvalue weighted by Gasteiger charge is 2.06. The molecule has 0 fully saturated rings. The van der Waals surface area contributed by atoms with E-state index in [0.717, 1.165) is 17.7 Å². The van der Waals surface area contributed by atoms with Crippen molar-refractivity contribution in [2.45, 2.75) is 33.0 Å². The number of halogens is 1. The first-order valence-corrected chi connectivity index (χ1v) is 7.53. The van der Waals surface area contributed by atoms with E-state index in [-0.39, 0.29) is 0 Å². The third-order valence-corrected chi connectivity index (χ3v) is 3.25. The van der Waals surface area contributed by atoms with Gasteiger partial charge < -0.3 is 9.47 Å². The highest BCUT2D eigenvalue weighted by atomic mass is 79.9. The van der Waals surface area contributed by atoms with Gasteiger partial charge in [0.2, 0.25) is 0 Å². The average molecular weight is 315 g/mol. The molecule has 1 rings (SSSR count). The maximum absolute atomic E-state index is 5.81. The fourth-order valence-electron chi connectivity index (χ4n) is 1.87. The van der Waals surface area contributed by atoms with Gasteiger partial charge in [0.25, 0.3) is 0 Å². The monoisotopic (exact) mass is 314 g/mol. The van der Waals surface area contributed by atoms with Crippen LogP contribution < -0.4 is 4.74 Å². The van der Waals surface area contributed by atoms with Crippen LogP contribution in [0.4, 0.5) is 0 Å². The molecule has 0 unspecified atom stereocenters. The lowest BCUT2D eigenvalue weighted by molar-refractivity contribution is 0.0815. The van der Waals surface area contributed by atoms with Crippen molar-refractivity contribution in [3.8, 4) is 5.75 Å². The van der Waals surface area contributed by atoms with E-state index in [1.807, 2.05) is 0 Å². The summed E-state index contributed by atoms with van der Waals surface area (Å²) in [6.45, 7) is 10.5. The van der Waals surface area contributed by atoms with Crippen LogP contribution in [0.25, 0.3) is 0 Å². The van der Waals surface area contributed by atoms with Gasteiger partial charge in [-0.3, -0.25) is 0 Å². The molecule has 0 amide bonds. The molecule has 1 aromatic carbocycles. The number of ether oxygens (including phenoxy) is 2. The van der Waals surface area contributed by atoms with E-state index in [0.29, 0.717) is 19.1 Å². The van der Waals surface area contributed by atoms with Gasteiger partial charge in [-0.1, -0.05) is 41.9 Å². The second kappa shape index (κ2) is 7.80. The molecule has 0 saturated heterocycles. The Morgan fingerprint density at radius 3 is 2.22 bits per heavy atom. The number of benzene rings is 1. The average Bonchev–Trinajstić information content (AvgIpc) is 2.31. The summed E-state index contributed by atoms with van der Waals surface area (Å²) < 4.78 is 11.3. The van der Waals surface area contributed by atoms with Crippen LogP contribution in [0.3, 0.4) is 0 Å². The minimum Gasteiger partial charge on any atom is -0.491 e. The van der Waals surface area contributed by atoms with E-state index in [9.17, 15) is 0 Å². The molecule has 0 bridgehead atoms. The van der Waals surface area contributed by atoms with Crippen molar-refractivity contribution in [3.05, 3.63) is 28.8 Å². The summed E-state index contributed by atoms with van der Waals surface area (Å²) in [5.74, 6) is 1.57. The van der Waals surface area contributed by atoms with Gasteiger partial charge >= 0.3 is 0 Å². The molecule has 102 valence electrons. The van der Waals surface area contributed by atoms with Gasteiger partial charge in [-0.15, -0.1) is 0 Å². The highest BCUT2D eigenvalue weighted by molar-refractivity contribution is 9.08. The van der Waals surface area contributed by atoms with Crippen LogP contribution >= 0.6 is 15.9 Å². The molecule has 0 aliphatic heterocycles. The minimum atomic E-state index is 0.576. The van der Waals surface area contributed by atoms with Crippen molar-refractivity contribution in [2.24, 2.45) is 5.92 Å². The predicted octanol–water partition coefficient (Wildman–Crippen LogP) is 4.25. The summed E-state index contributed by atoms with van der Waals surface area (Å²) in [5, 5.41) is 0.881. The van der Waals surface area contributed by atoms with Crippen molar-refractivity contribution < 1.29 is 9.47 Å². The van der Waals surface area contributed by atoms with E-state index in [1.165, 1.54) is 16.7 Å². The fourth-order valence-corrected chi connectivity index (χ4v) is 2.19. The maximum Gasteiger partial charge on any atom is 0.125 e. The number of hydrogen-bond acceptors (Lipinski definition) is 2. The zero-order valence-electron chi connectivity index (χ0n) is 11.8. The molecule has 0 radical (unpaired) electrons. The van der Waals surface area contributed by atoms with Gasteiger partial charge in [-0.2, -0.15) is 0 Å². The Kier molecular flexibility index (Phi) is 6.72. The van der Waals surface area contributed by atoms with Crippen molar-refractivity contribution in [1.82, 2.24) is 0 Å². The van der Waals surface area contributed by atoms with Crippen LogP contribution in [-0.2, 0) is 10.1 Å². The SMILES string of the molecule is Cc1cc(CBr)cc(C)c1OCCOCC(C)C. The van der Waals surface area contributed by atoms with Gasteiger partial charge in [-0.25, -0.2) is 0 Å². The van der Waals surface area contributed by atoms with Crippen LogP contribution in [0.15, 0.2) is 12.1 Å². The van der Waals surface area contributed by atoms with Crippen LogP contribution in [0.1, 0.15) is 30.5 Å². The normalized spacial score (nSPS) is 11.0. The molecule has 2 nitrogen and oxygen atoms in total. The molecular weight excluding hydrogens is 292 g/mol. The van der Waals surface area contributed by atoms with Gasteiger partial charge in [0.15, 0.2) is 0 Å². The summed E-state index contributed by atoms with van der Waals surface area (Å²) in [5.41, 5.74) is 3.66. The molecule has 0 aliphatic rings. The second-order valence-corrected chi connectivity index (χ2v) is 5.57. The van der Waals surface area contributed by atoms with Crippen molar-refractivity contribution in [3.63, 3.8) is 0 Å². The molecule has 0 aliphatic carbocycles. The zero-order chi connectivity index (χ0) is 13.5. The lowest BCUT2D eigenvalue weighted by atomic mass is 10.1. The summed E-state index contributed by atoms with van der Waals surface area (Å²) >= 11 is 3.48. The smallest absolute Gasteiger partial charge is 0.125 e. The van der Waals surface area contributed by atoms with E-state index >= 15 is 0 Å². The van der Waals surface area contributed by atoms with Gasteiger partial charge in [0.05, 0.1) is 6.61 Å². The van der Waals surface area contributed by atoms with Crippen molar-refractivity contribution in [1.29, 1.82) is 0 Å². The lowest BCUT2D eigenvalue weighted by Gasteiger charge is -2.14. The Hall–Kier alpha value is -0.540. The highest BCUT2D eigenvalue weighted by Crippen LogP contribution is 2.25. The van der Waals surface area contributed by atoms with Crippen LogP contribution in [0.2, 0.25) is 0 Å². The van der Waals surface area contributed by atoms with Crippen LogP contribution in [0.5, 0.6) is 5.75 Å². The van der Waals surface area contributed by atoms with Gasteiger partial charge in [0.1, 0.15) is 12.4 Å². The Labute approximate surface area is 119 Å². The van der Waals surface area contributed by atoms with Crippen LogP contribution in [-0.4, -0.2) is 19.8 Å². The second-order valence-electron chi connectivity index (χ2n) is 5.01. The summed E-state index contributed by atoms with van der Waals surface area (Å²) in [6.07, 6.45) is 0. The first-order chi connectivity index (χ1) is 8.54. The summed E-state index contributed by atoms with van der Waals surface area (Å²) in [7, 11) is 0. The molecule has 0 atom stereocenters. The first kappa shape index (κ1) is 15.5.